The van der Waals surface area contributed by atoms with Crippen molar-refractivity contribution in [3.05, 3.63) is 21.9 Å². The van der Waals surface area contributed by atoms with E-state index in [0.29, 0.717) is 13.2 Å². The minimum absolute atomic E-state index is 0.550. The smallest absolute Gasteiger partial charge is 0.100 e. The molecule has 0 saturated heterocycles. The van der Waals surface area contributed by atoms with Crippen molar-refractivity contribution in [3.63, 3.8) is 0 Å². The summed E-state index contributed by atoms with van der Waals surface area (Å²) in [6.07, 6.45) is 0. The van der Waals surface area contributed by atoms with Gasteiger partial charge in [-0.25, -0.2) is 0 Å². The van der Waals surface area contributed by atoms with E-state index >= 15 is 0 Å². The average molecular weight is 229 g/mol. The number of hydrogen-bond acceptors (Lipinski definition) is 4. The third kappa shape index (κ3) is 3.57. The van der Waals surface area contributed by atoms with Crippen molar-refractivity contribution < 1.29 is 9.84 Å². The molecule has 0 aliphatic carbocycles. The van der Waals surface area contributed by atoms with Crippen molar-refractivity contribution in [2.45, 2.75) is 19.4 Å². The van der Waals surface area contributed by atoms with Gasteiger partial charge in [-0.05, 0) is 30.9 Å². The predicted octanol–water partition coefficient (Wildman–Crippen LogP) is 1.50. The fourth-order valence-corrected chi connectivity index (χ4v) is 2.37. The van der Waals surface area contributed by atoms with E-state index in [1.54, 1.807) is 18.4 Å². The molecule has 0 aliphatic heterocycles. The molecule has 0 spiro atoms. The van der Waals surface area contributed by atoms with Crippen LogP contribution in [-0.2, 0) is 10.3 Å². The first-order valence-electron chi connectivity index (χ1n) is 5.04. The average Bonchev–Trinajstić information content (AvgIpc) is 2.60. The van der Waals surface area contributed by atoms with Gasteiger partial charge in [-0.15, -0.1) is 11.3 Å². The molecular formula is C11H19NO2S. The number of aryl methyl sites for hydroxylation is 1. The second kappa shape index (κ2) is 5.61. The van der Waals surface area contributed by atoms with Gasteiger partial charge in [0.1, 0.15) is 5.60 Å². The fraction of sp³-hybridized carbons (Fsp3) is 0.636. The molecule has 0 bridgehead atoms. The summed E-state index contributed by atoms with van der Waals surface area (Å²) >= 11 is 1.66. The quantitative estimate of drug-likeness (QED) is 0.726. The number of aliphatic hydroxyl groups is 1. The highest BCUT2D eigenvalue weighted by Crippen LogP contribution is 2.26. The second-order valence-electron chi connectivity index (χ2n) is 3.83. The third-order valence-electron chi connectivity index (χ3n) is 2.39. The molecule has 0 aliphatic rings. The van der Waals surface area contributed by atoms with E-state index in [-0.39, 0.29) is 0 Å². The minimum Gasteiger partial charge on any atom is -0.384 e. The third-order valence-corrected chi connectivity index (χ3v) is 3.24. The van der Waals surface area contributed by atoms with E-state index in [4.69, 9.17) is 4.74 Å². The van der Waals surface area contributed by atoms with Crippen molar-refractivity contribution in [2.24, 2.45) is 0 Å². The van der Waals surface area contributed by atoms with Crippen LogP contribution in [0.25, 0.3) is 0 Å². The summed E-state index contributed by atoms with van der Waals surface area (Å²) in [5.41, 5.74) is 0.218. The molecule has 86 valence electrons. The van der Waals surface area contributed by atoms with Gasteiger partial charge in [0.15, 0.2) is 0 Å². The summed E-state index contributed by atoms with van der Waals surface area (Å²) < 4.78 is 4.93. The molecule has 1 rings (SSSR count). The summed E-state index contributed by atoms with van der Waals surface area (Å²) in [7, 11) is 1.67. The normalized spacial score (nSPS) is 15.2. The number of nitrogens with one attached hydrogen (secondary N) is 1. The molecular weight excluding hydrogens is 210 g/mol. The second-order valence-corrected chi connectivity index (χ2v) is 4.95. The molecule has 15 heavy (non-hydrogen) atoms. The first kappa shape index (κ1) is 12.6. The first-order chi connectivity index (χ1) is 7.08. The van der Waals surface area contributed by atoms with E-state index in [2.05, 4.69) is 5.32 Å². The zero-order valence-electron chi connectivity index (χ0n) is 9.54. The monoisotopic (exact) mass is 229 g/mol. The van der Waals surface area contributed by atoms with Gasteiger partial charge in [-0.3, -0.25) is 0 Å². The number of hydrogen-bond donors (Lipinski definition) is 2. The Balaban J connectivity index is 2.48. The summed E-state index contributed by atoms with van der Waals surface area (Å²) in [5.74, 6) is 0. The van der Waals surface area contributed by atoms with E-state index in [9.17, 15) is 5.11 Å². The lowest BCUT2D eigenvalue weighted by atomic mass is 9.97. The van der Waals surface area contributed by atoms with Gasteiger partial charge in [-0.2, -0.15) is 0 Å². The molecule has 0 amide bonds. The molecule has 3 nitrogen and oxygen atoms in total. The molecule has 1 unspecified atom stereocenters. The van der Waals surface area contributed by atoms with Crippen LogP contribution in [0.4, 0.5) is 0 Å². The Bertz CT molecular complexity index is 297. The Labute approximate surface area is 95.1 Å². The van der Waals surface area contributed by atoms with Crippen LogP contribution in [0.2, 0.25) is 0 Å². The van der Waals surface area contributed by atoms with Crippen molar-refractivity contribution in [1.82, 2.24) is 5.32 Å². The van der Waals surface area contributed by atoms with Crippen LogP contribution in [0.5, 0.6) is 0 Å². The van der Waals surface area contributed by atoms with E-state index in [1.165, 1.54) is 4.88 Å². The largest absolute Gasteiger partial charge is 0.384 e. The number of rotatable bonds is 6. The number of ether oxygens (including phenoxy) is 1. The number of methoxy groups -OCH3 is 1. The van der Waals surface area contributed by atoms with Gasteiger partial charge < -0.3 is 15.2 Å². The van der Waals surface area contributed by atoms with Crippen LogP contribution in [0.3, 0.4) is 0 Å². The lowest BCUT2D eigenvalue weighted by molar-refractivity contribution is 0.0549. The SMILES string of the molecule is COCCNCC(C)(O)c1ccsc1C. The minimum atomic E-state index is -0.794. The maximum atomic E-state index is 10.3. The van der Waals surface area contributed by atoms with Crippen molar-refractivity contribution in [3.8, 4) is 0 Å². The summed E-state index contributed by atoms with van der Waals surface area (Å²) in [4.78, 5) is 1.17. The molecule has 2 N–H and O–H groups in total. The van der Waals surface area contributed by atoms with Crippen molar-refractivity contribution >= 4 is 11.3 Å². The van der Waals surface area contributed by atoms with E-state index in [0.717, 1.165) is 12.1 Å². The Hall–Kier alpha value is -0.420. The van der Waals surface area contributed by atoms with E-state index < -0.39 is 5.60 Å². The highest BCUT2D eigenvalue weighted by Gasteiger charge is 2.24. The topological polar surface area (TPSA) is 41.5 Å². The molecule has 1 atom stereocenters. The van der Waals surface area contributed by atoms with Crippen LogP contribution in [0.15, 0.2) is 11.4 Å². The van der Waals surface area contributed by atoms with Crippen LogP contribution in [0, 0.1) is 6.92 Å². The molecule has 1 aromatic rings. The summed E-state index contributed by atoms with van der Waals surface area (Å²) in [5, 5.41) is 15.4. The van der Waals surface area contributed by atoms with Crippen LogP contribution < -0.4 is 5.32 Å². The van der Waals surface area contributed by atoms with Gasteiger partial charge in [0, 0.05) is 25.1 Å². The molecule has 4 heteroatoms. The van der Waals surface area contributed by atoms with Gasteiger partial charge in [0.05, 0.1) is 6.61 Å². The standard InChI is InChI=1S/C11H19NO2S/c1-9-10(4-7-15-9)11(2,13)8-12-5-6-14-3/h4,7,12-13H,5-6,8H2,1-3H3. The molecule has 1 heterocycles. The lowest BCUT2D eigenvalue weighted by Crippen LogP contribution is -2.36. The molecule has 1 aromatic heterocycles. The fourth-order valence-electron chi connectivity index (χ4n) is 1.54. The Kier molecular flexibility index (Phi) is 4.73. The van der Waals surface area contributed by atoms with Gasteiger partial charge >= 0.3 is 0 Å². The van der Waals surface area contributed by atoms with Gasteiger partial charge in [-0.1, -0.05) is 0 Å². The van der Waals surface area contributed by atoms with Crippen LogP contribution in [0.1, 0.15) is 17.4 Å². The van der Waals surface area contributed by atoms with Crippen molar-refractivity contribution in [1.29, 1.82) is 0 Å². The lowest BCUT2D eigenvalue weighted by Gasteiger charge is -2.24. The highest BCUT2D eigenvalue weighted by molar-refractivity contribution is 7.10. The Morgan fingerprint density at radius 2 is 2.33 bits per heavy atom. The maximum Gasteiger partial charge on any atom is 0.100 e. The zero-order chi connectivity index (χ0) is 11.3. The molecule has 0 aromatic carbocycles. The molecule has 0 fully saturated rings. The Morgan fingerprint density at radius 1 is 1.60 bits per heavy atom. The summed E-state index contributed by atoms with van der Waals surface area (Å²) in [6, 6.07) is 1.98. The van der Waals surface area contributed by atoms with Crippen molar-refractivity contribution in [2.75, 3.05) is 26.8 Å². The highest BCUT2D eigenvalue weighted by atomic mass is 32.1. The maximum absolute atomic E-state index is 10.3. The van der Waals surface area contributed by atoms with Gasteiger partial charge in [0.2, 0.25) is 0 Å². The summed E-state index contributed by atoms with van der Waals surface area (Å²) in [6.45, 7) is 5.84. The first-order valence-corrected chi connectivity index (χ1v) is 5.92. The van der Waals surface area contributed by atoms with Gasteiger partial charge in [0.25, 0.3) is 0 Å². The van der Waals surface area contributed by atoms with Crippen LogP contribution >= 0.6 is 11.3 Å². The number of thiophene rings is 1. The molecule has 0 saturated carbocycles. The van der Waals surface area contributed by atoms with E-state index in [1.807, 2.05) is 25.3 Å². The Morgan fingerprint density at radius 3 is 2.87 bits per heavy atom. The predicted molar refractivity (Wildman–Crippen MR) is 63.4 cm³/mol. The van der Waals surface area contributed by atoms with Crippen LogP contribution in [-0.4, -0.2) is 31.9 Å². The molecule has 0 radical (unpaired) electrons. The zero-order valence-corrected chi connectivity index (χ0v) is 10.4.